The largest absolute Gasteiger partial charge is 0.348 e. The van der Waals surface area contributed by atoms with Gasteiger partial charge in [0.15, 0.2) is 0 Å². The average molecular weight is 163 g/mol. The molecule has 0 bridgehead atoms. The monoisotopic (exact) mass is 163 g/mol. The minimum absolute atomic E-state index is 0.613. The number of rotatable bonds is 4. The number of aromatic amines is 1. The Kier molecular flexibility index (Phi) is 3.34. The molecule has 0 aromatic carbocycles. The van der Waals surface area contributed by atoms with Gasteiger partial charge in [0.25, 0.3) is 0 Å². The first-order valence-electron chi connectivity index (χ1n) is 4.27. The van der Waals surface area contributed by atoms with Crippen molar-refractivity contribution in [3.63, 3.8) is 0 Å². The minimum Gasteiger partial charge on any atom is -0.348 e. The van der Waals surface area contributed by atoms with Crippen molar-refractivity contribution in [3.8, 4) is 6.07 Å². The fourth-order valence-electron chi connectivity index (χ4n) is 1.05. The molecule has 1 rings (SSSR count). The zero-order valence-electron chi connectivity index (χ0n) is 7.30. The Bertz CT molecular complexity index is 270. The van der Waals surface area contributed by atoms with E-state index in [2.05, 4.69) is 23.0 Å². The third kappa shape index (κ3) is 2.39. The maximum atomic E-state index is 8.32. The number of aromatic nitrogens is 2. The Morgan fingerprint density at radius 1 is 1.67 bits per heavy atom. The number of nitriles is 1. The molecule has 0 aliphatic rings. The van der Waals surface area contributed by atoms with Crippen molar-refractivity contribution in [3.05, 3.63) is 17.7 Å². The first kappa shape index (κ1) is 8.79. The van der Waals surface area contributed by atoms with E-state index in [0.29, 0.717) is 6.42 Å². The van der Waals surface area contributed by atoms with Gasteiger partial charge in [0, 0.05) is 19.0 Å². The van der Waals surface area contributed by atoms with E-state index in [-0.39, 0.29) is 0 Å². The molecule has 3 heteroatoms. The van der Waals surface area contributed by atoms with E-state index in [1.807, 2.05) is 6.20 Å². The van der Waals surface area contributed by atoms with Gasteiger partial charge in [-0.25, -0.2) is 4.98 Å². The Labute approximate surface area is 72.4 Å². The first-order chi connectivity index (χ1) is 5.86. The molecule has 12 heavy (non-hydrogen) atoms. The molecule has 0 spiro atoms. The van der Waals surface area contributed by atoms with E-state index in [9.17, 15) is 0 Å². The van der Waals surface area contributed by atoms with Crippen molar-refractivity contribution in [2.24, 2.45) is 0 Å². The first-order valence-corrected chi connectivity index (χ1v) is 4.27. The van der Waals surface area contributed by atoms with Gasteiger partial charge >= 0.3 is 0 Å². The zero-order chi connectivity index (χ0) is 8.81. The van der Waals surface area contributed by atoms with Crippen LogP contribution in [-0.4, -0.2) is 9.97 Å². The molecule has 1 N–H and O–H groups in total. The maximum Gasteiger partial charge on any atom is 0.106 e. The van der Waals surface area contributed by atoms with E-state index in [1.54, 1.807) is 0 Å². The summed E-state index contributed by atoms with van der Waals surface area (Å²) in [6, 6.07) is 2.12. The number of hydrogen-bond acceptors (Lipinski definition) is 2. The summed E-state index contributed by atoms with van der Waals surface area (Å²) in [4.78, 5) is 7.43. The molecule has 3 nitrogen and oxygen atoms in total. The summed E-state index contributed by atoms with van der Waals surface area (Å²) in [5.41, 5.74) is 1.10. The molecule has 0 radical (unpaired) electrons. The predicted molar refractivity (Wildman–Crippen MR) is 46.5 cm³/mol. The SMILES string of the molecule is CCc1c[nH]c(CCCC#N)n1. The molecule has 0 saturated heterocycles. The number of unbranched alkanes of at least 4 members (excludes halogenated alkanes) is 1. The van der Waals surface area contributed by atoms with E-state index in [4.69, 9.17) is 5.26 Å². The Balaban J connectivity index is 2.37. The summed E-state index contributed by atoms with van der Waals surface area (Å²) >= 11 is 0. The van der Waals surface area contributed by atoms with Gasteiger partial charge in [-0.3, -0.25) is 0 Å². The second kappa shape index (κ2) is 4.55. The highest BCUT2D eigenvalue weighted by Crippen LogP contribution is 2.01. The van der Waals surface area contributed by atoms with Gasteiger partial charge in [-0.05, 0) is 12.8 Å². The molecule has 64 valence electrons. The maximum absolute atomic E-state index is 8.32. The average Bonchev–Trinajstić information content (AvgIpc) is 2.53. The van der Waals surface area contributed by atoms with Crippen LogP contribution in [0.2, 0.25) is 0 Å². The topological polar surface area (TPSA) is 52.5 Å². The summed E-state index contributed by atoms with van der Waals surface area (Å²) in [6.07, 6.45) is 5.29. The minimum atomic E-state index is 0.613. The van der Waals surface area contributed by atoms with Crippen LogP contribution >= 0.6 is 0 Å². The smallest absolute Gasteiger partial charge is 0.106 e. The van der Waals surface area contributed by atoms with Gasteiger partial charge in [-0.1, -0.05) is 6.92 Å². The van der Waals surface area contributed by atoms with Gasteiger partial charge in [0.05, 0.1) is 11.8 Å². The molecule has 0 unspecified atom stereocenters. The predicted octanol–water partition coefficient (Wildman–Crippen LogP) is 1.82. The molecular formula is C9H13N3. The van der Waals surface area contributed by atoms with Crippen LogP contribution in [0.5, 0.6) is 0 Å². The van der Waals surface area contributed by atoms with Crippen molar-refractivity contribution in [2.45, 2.75) is 32.6 Å². The number of imidazole rings is 1. The summed E-state index contributed by atoms with van der Waals surface area (Å²) in [5, 5.41) is 8.32. The summed E-state index contributed by atoms with van der Waals surface area (Å²) in [6.45, 7) is 2.08. The molecule has 0 fully saturated rings. The second-order valence-corrected chi connectivity index (χ2v) is 2.70. The van der Waals surface area contributed by atoms with Crippen molar-refractivity contribution < 1.29 is 0 Å². The lowest BCUT2D eigenvalue weighted by Gasteiger charge is -1.90. The van der Waals surface area contributed by atoms with Crippen LogP contribution in [0.4, 0.5) is 0 Å². The van der Waals surface area contributed by atoms with E-state index >= 15 is 0 Å². The molecule has 0 saturated carbocycles. The Morgan fingerprint density at radius 2 is 2.50 bits per heavy atom. The lowest BCUT2D eigenvalue weighted by Crippen LogP contribution is -1.88. The molecule has 1 heterocycles. The molecule has 1 aromatic rings. The normalized spacial score (nSPS) is 9.67. The van der Waals surface area contributed by atoms with Crippen LogP contribution < -0.4 is 0 Å². The van der Waals surface area contributed by atoms with Crippen LogP contribution in [0.25, 0.3) is 0 Å². The van der Waals surface area contributed by atoms with Crippen molar-refractivity contribution in [1.29, 1.82) is 5.26 Å². The quantitative estimate of drug-likeness (QED) is 0.688. The van der Waals surface area contributed by atoms with Crippen molar-refractivity contribution in [2.75, 3.05) is 0 Å². The third-order valence-electron chi connectivity index (χ3n) is 1.75. The molecule has 0 amide bonds. The molecule has 0 atom stereocenters. The second-order valence-electron chi connectivity index (χ2n) is 2.70. The van der Waals surface area contributed by atoms with Gasteiger partial charge in [-0.15, -0.1) is 0 Å². The van der Waals surface area contributed by atoms with Crippen LogP contribution in [0.1, 0.15) is 31.3 Å². The molecule has 0 aliphatic heterocycles. The Morgan fingerprint density at radius 3 is 3.08 bits per heavy atom. The van der Waals surface area contributed by atoms with Crippen molar-refractivity contribution >= 4 is 0 Å². The Hall–Kier alpha value is -1.30. The lowest BCUT2D eigenvalue weighted by molar-refractivity contribution is 0.802. The zero-order valence-corrected chi connectivity index (χ0v) is 7.30. The van der Waals surface area contributed by atoms with Gasteiger partial charge in [0.1, 0.15) is 5.82 Å². The highest BCUT2D eigenvalue weighted by molar-refractivity contribution is 5.00. The standard InChI is InChI=1S/C9H13N3/c1-2-8-7-11-9(12-8)5-3-4-6-10/h7H,2-5H2,1H3,(H,11,12). The third-order valence-corrected chi connectivity index (χ3v) is 1.75. The van der Waals surface area contributed by atoms with Gasteiger partial charge in [-0.2, -0.15) is 5.26 Å². The number of H-pyrrole nitrogens is 1. The number of nitrogens with zero attached hydrogens (tertiary/aromatic N) is 2. The van der Waals surface area contributed by atoms with Crippen molar-refractivity contribution in [1.82, 2.24) is 9.97 Å². The van der Waals surface area contributed by atoms with E-state index in [1.165, 1.54) is 0 Å². The van der Waals surface area contributed by atoms with Gasteiger partial charge in [0.2, 0.25) is 0 Å². The highest BCUT2D eigenvalue weighted by atomic mass is 14.9. The molecule has 1 aromatic heterocycles. The summed E-state index contributed by atoms with van der Waals surface area (Å²) in [5.74, 6) is 1.00. The fourth-order valence-corrected chi connectivity index (χ4v) is 1.05. The van der Waals surface area contributed by atoms with E-state index in [0.717, 1.165) is 30.8 Å². The summed E-state index contributed by atoms with van der Waals surface area (Å²) < 4.78 is 0. The highest BCUT2D eigenvalue weighted by Gasteiger charge is 1.98. The molecule has 0 aliphatic carbocycles. The van der Waals surface area contributed by atoms with E-state index < -0.39 is 0 Å². The van der Waals surface area contributed by atoms with Crippen LogP contribution in [-0.2, 0) is 12.8 Å². The number of aryl methyl sites for hydroxylation is 2. The van der Waals surface area contributed by atoms with Crippen LogP contribution in [0.15, 0.2) is 6.20 Å². The fraction of sp³-hybridized carbons (Fsp3) is 0.556. The summed E-state index contributed by atoms with van der Waals surface area (Å²) in [7, 11) is 0. The number of nitrogens with one attached hydrogen (secondary N) is 1. The van der Waals surface area contributed by atoms with Gasteiger partial charge < -0.3 is 4.98 Å². The number of hydrogen-bond donors (Lipinski definition) is 1. The lowest BCUT2D eigenvalue weighted by atomic mass is 10.2. The van der Waals surface area contributed by atoms with Crippen LogP contribution in [0.3, 0.4) is 0 Å². The van der Waals surface area contributed by atoms with Crippen LogP contribution in [0, 0.1) is 11.3 Å². The molecular weight excluding hydrogens is 150 g/mol.